The third-order valence-corrected chi connectivity index (χ3v) is 14.8. The Morgan fingerprint density at radius 2 is 0.878 bits per heavy atom. The van der Waals surface area contributed by atoms with E-state index in [-0.39, 0.29) is 18.9 Å². The van der Waals surface area contributed by atoms with Gasteiger partial charge in [-0.05, 0) is 38.5 Å². The number of aliphatic hydroxyl groups excluding tert-OH is 8. The first kappa shape index (κ1) is 68.3. The molecule has 0 saturated carbocycles. The quantitative estimate of drug-likeness (QED) is 0.0204. The minimum Gasteiger partial charge on any atom is -0.394 e. The smallest absolute Gasteiger partial charge is 0.220 e. The summed E-state index contributed by atoms with van der Waals surface area (Å²) in [6.45, 7) is 2.66. The van der Waals surface area contributed by atoms with Crippen LogP contribution in [-0.2, 0) is 23.7 Å². The van der Waals surface area contributed by atoms with Gasteiger partial charge in [0.05, 0.1) is 32.0 Å². The van der Waals surface area contributed by atoms with Crippen molar-refractivity contribution in [3.63, 3.8) is 0 Å². The number of aliphatic hydroxyl groups is 8. The van der Waals surface area contributed by atoms with E-state index in [1.165, 1.54) is 167 Å². The predicted octanol–water partition coefficient (Wildman–Crippen LogP) is 10.2. The number of carbonyl (C=O) groups excluding carboxylic acids is 1. The van der Waals surface area contributed by atoms with Crippen LogP contribution in [0.4, 0.5) is 0 Å². The van der Waals surface area contributed by atoms with Gasteiger partial charge < -0.3 is 65.1 Å². The van der Waals surface area contributed by atoms with E-state index in [0.29, 0.717) is 12.8 Å². The summed E-state index contributed by atoms with van der Waals surface area (Å²) < 4.78 is 22.7. The third kappa shape index (κ3) is 31.6. The molecule has 2 fully saturated rings. The molecule has 74 heavy (non-hydrogen) atoms. The number of unbranched alkanes of at least 4 members (excludes halogenated alkanes) is 31. The normalized spacial score (nSPS) is 25.4. The number of amides is 1. The van der Waals surface area contributed by atoms with Crippen LogP contribution in [0.25, 0.3) is 0 Å². The maximum Gasteiger partial charge on any atom is 0.220 e. The summed E-state index contributed by atoms with van der Waals surface area (Å²) in [5, 5.41) is 86.8. The van der Waals surface area contributed by atoms with Gasteiger partial charge in [-0.25, -0.2) is 0 Å². The standard InChI is InChI=1S/C60H111NO13/c1-3-5-7-9-11-13-15-16-17-18-19-20-21-22-23-24-25-26-27-28-29-30-31-32-33-34-36-38-40-42-44-52(65)61-48(49(64)43-41-39-37-35-14-12-10-8-6-4-2)47-71-59-57(70)55(68)58(51(46-63)73-59)74-60-56(69)54(67)53(66)50(45-62)72-60/h6,8,14,35,41,43,48-51,53-60,62-64,66-70H,3-5,7,9-13,15-34,36-40,42,44-47H2,1-2H3,(H,61,65)/b8-6+,35-14+,43-41+. The molecule has 12 atom stereocenters. The highest BCUT2D eigenvalue weighted by molar-refractivity contribution is 5.76. The molecule has 12 unspecified atom stereocenters. The first-order valence-electron chi connectivity index (χ1n) is 30.2. The largest absolute Gasteiger partial charge is 0.394 e. The van der Waals surface area contributed by atoms with Gasteiger partial charge in [-0.1, -0.05) is 237 Å². The van der Waals surface area contributed by atoms with Crippen molar-refractivity contribution in [3.8, 4) is 0 Å². The van der Waals surface area contributed by atoms with Crippen molar-refractivity contribution in [2.75, 3.05) is 19.8 Å². The van der Waals surface area contributed by atoms with E-state index >= 15 is 0 Å². The number of carbonyl (C=O) groups is 1. The fourth-order valence-corrected chi connectivity index (χ4v) is 9.98. The topological polar surface area (TPSA) is 228 Å². The molecule has 2 heterocycles. The van der Waals surface area contributed by atoms with Crippen LogP contribution < -0.4 is 5.32 Å². The fraction of sp³-hybridized carbons (Fsp3) is 0.883. The van der Waals surface area contributed by atoms with Crippen LogP contribution in [0.3, 0.4) is 0 Å². The average Bonchev–Trinajstić information content (AvgIpc) is 3.40. The summed E-state index contributed by atoms with van der Waals surface area (Å²) in [4.78, 5) is 13.2. The van der Waals surface area contributed by atoms with Gasteiger partial charge in [0, 0.05) is 6.42 Å². The van der Waals surface area contributed by atoms with Gasteiger partial charge in [-0.15, -0.1) is 0 Å². The van der Waals surface area contributed by atoms with Gasteiger partial charge in [0.25, 0.3) is 0 Å². The van der Waals surface area contributed by atoms with E-state index < -0.39 is 86.8 Å². The highest BCUT2D eigenvalue weighted by Crippen LogP contribution is 2.30. The third-order valence-electron chi connectivity index (χ3n) is 14.8. The van der Waals surface area contributed by atoms with Gasteiger partial charge in [0.1, 0.15) is 48.8 Å². The Morgan fingerprint density at radius 1 is 0.486 bits per heavy atom. The monoisotopic (exact) mass is 1050 g/mol. The lowest BCUT2D eigenvalue weighted by Crippen LogP contribution is -2.65. The number of hydrogen-bond donors (Lipinski definition) is 9. The fourth-order valence-electron chi connectivity index (χ4n) is 9.98. The Hall–Kier alpha value is -1.79. The molecule has 2 rings (SSSR count). The Kier molecular flexibility index (Phi) is 42.6. The second kappa shape index (κ2) is 46.2. The van der Waals surface area contributed by atoms with Crippen LogP contribution in [0.15, 0.2) is 36.5 Å². The highest BCUT2D eigenvalue weighted by Gasteiger charge is 2.51. The average molecular weight is 1050 g/mol. The van der Waals surface area contributed by atoms with Gasteiger partial charge in [0.2, 0.25) is 5.91 Å². The molecule has 14 nitrogen and oxygen atoms in total. The zero-order chi connectivity index (χ0) is 53.9. The number of nitrogens with one attached hydrogen (secondary N) is 1. The molecule has 14 heteroatoms. The second-order valence-electron chi connectivity index (χ2n) is 21.4. The molecule has 2 aliphatic rings. The maximum atomic E-state index is 13.2. The van der Waals surface area contributed by atoms with Crippen LogP contribution in [0, 0.1) is 0 Å². The van der Waals surface area contributed by atoms with E-state index in [1.807, 2.05) is 6.08 Å². The lowest BCUT2D eigenvalue weighted by atomic mass is 9.97. The Bertz CT molecular complexity index is 1380. The van der Waals surface area contributed by atoms with E-state index in [2.05, 4.69) is 43.5 Å². The van der Waals surface area contributed by atoms with Gasteiger partial charge in [-0.3, -0.25) is 4.79 Å². The van der Waals surface area contributed by atoms with E-state index in [1.54, 1.807) is 6.08 Å². The van der Waals surface area contributed by atoms with Crippen molar-refractivity contribution < 1.29 is 64.6 Å². The van der Waals surface area contributed by atoms with Crippen molar-refractivity contribution in [3.05, 3.63) is 36.5 Å². The molecule has 0 aromatic carbocycles. The number of rotatable bonds is 48. The number of ether oxygens (including phenoxy) is 4. The zero-order valence-corrected chi connectivity index (χ0v) is 46.6. The van der Waals surface area contributed by atoms with Crippen LogP contribution in [-0.4, -0.2) is 140 Å². The van der Waals surface area contributed by atoms with Crippen molar-refractivity contribution in [2.45, 2.75) is 319 Å². The van der Waals surface area contributed by atoms with E-state index in [0.717, 1.165) is 44.9 Å². The van der Waals surface area contributed by atoms with Crippen molar-refractivity contribution in [1.29, 1.82) is 0 Å². The number of hydrogen-bond acceptors (Lipinski definition) is 13. The summed E-state index contributed by atoms with van der Waals surface area (Å²) >= 11 is 0. The van der Waals surface area contributed by atoms with Crippen LogP contribution in [0.2, 0.25) is 0 Å². The summed E-state index contributed by atoms with van der Waals surface area (Å²) in [6.07, 6.45) is 39.5. The van der Waals surface area contributed by atoms with Crippen molar-refractivity contribution >= 4 is 5.91 Å². The first-order chi connectivity index (χ1) is 36.1. The molecule has 0 bridgehead atoms. The minimum atomic E-state index is -1.79. The molecule has 0 aromatic heterocycles. The second-order valence-corrected chi connectivity index (χ2v) is 21.4. The molecular formula is C60H111NO13. The van der Waals surface area contributed by atoms with Gasteiger partial charge in [-0.2, -0.15) is 0 Å². The summed E-state index contributed by atoms with van der Waals surface area (Å²) in [6, 6.07) is -0.934. The lowest BCUT2D eigenvalue weighted by Gasteiger charge is -2.46. The number of allylic oxidation sites excluding steroid dienone is 5. The molecule has 0 aromatic rings. The molecule has 0 spiro atoms. The Balaban J connectivity index is 1.63. The summed E-state index contributed by atoms with van der Waals surface area (Å²) in [5.74, 6) is -0.252. The molecule has 2 aliphatic heterocycles. The molecule has 9 N–H and O–H groups in total. The molecule has 2 saturated heterocycles. The minimum absolute atomic E-state index is 0.252. The van der Waals surface area contributed by atoms with Crippen LogP contribution in [0.5, 0.6) is 0 Å². The molecule has 0 aliphatic carbocycles. The Morgan fingerprint density at radius 3 is 1.31 bits per heavy atom. The maximum absolute atomic E-state index is 13.2. The molecule has 434 valence electrons. The lowest BCUT2D eigenvalue weighted by molar-refractivity contribution is -0.359. The van der Waals surface area contributed by atoms with Crippen molar-refractivity contribution in [2.24, 2.45) is 0 Å². The van der Waals surface area contributed by atoms with E-state index in [9.17, 15) is 45.6 Å². The van der Waals surface area contributed by atoms with Gasteiger partial charge in [0.15, 0.2) is 12.6 Å². The molecule has 1 amide bonds. The SMILES string of the molecule is CC/C=C/CC/C=C/CC/C=C/C(O)C(COC1OC(CO)C(OC2OC(CO)C(O)C(O)C2O)C(O)C1O)NC(=O)CCCCCCCCCCCCCCCCCCCCCCCCCCCCCCCC. The first-order valence-corrected chi connectivity index (χ1v) is 30.2. The van der Waals surface area contributed by atoms with Crippen LogP contribution >= 0.6 is 0 Å². The highest BCUT2D eigenvalue weighted by atomic mass is 16.7. The summed E-state index contributed by atoms with van der Waals surface area (Å²) in [7, 11) is 0. The Labute approximate surface area is 449 Å². The van der Waals surface area contributed by atoms with Crippen LogP contribution in [0.1, 0.15) is 245 Å². The van der Waals surface area contributed by atoms with E-state index in [4.69, 9.17) is 18.9 Å². The van der Waals surface area contributed by atoms with Crippen molar-refractivity contribution in [1.82, 2.24) is 5.32 Å². The zero-order valence-electron chi connectivity index (χ0n) is 46.6. The van der Waals surface area contributed by atoms with Gasteiger partial charge >= 0.3 is 0 Å². The predicted molar refractivity (Wildman–Crippen MR) is 295 cm³/mol. The summed E-state index contributed by atoms with van der Waals surface area (Å²) in [5.41, 5.74) is 0. The molecular weight excluding hydrogens is 943 g/mol. The molecule has 0 radical (unpaired) electrons.